The average Bonchev–Trinajstić information content (AvgIpc) is 2.97. The largest absolute Gasteiger partial charge is 0.392 e. The Balaban J connectivity index is 1.83. The van der Waals surface area contributed by atoms with E-state index in [4.69, 9.17) is 4.52 Å². The Kier molecular flexibility index (Phi) is 2.15. The number of β-amino-alcohol motifs (C(OH)–C–C–N with tert-alkyl or cyclic N) is 1. The average molecular weight is 222 g/mol. The van der Waals surface area contributed by atoms with Gasteiger partial charge < -0.3 is 14.9 Å². The summed E-state index contributed by atoms with van der Waals surface area (Å²) in [4.78, 5) is 8.10. The Morgan fingerprint density at radius 2 is 2.44 bits per heavy atom. The van der Waals surface area contributed by atoms with Crippen LogP contribution >= 0.6 is 0 Å². The zero-order valence-electron chi connectivity index (χ0n) is 8.29. The van der Waals surface area contributed by atoms with Crippen LogP contribution in [-0.4, -0.2) is 43.1 Å². The molecule has 0 aromatic carbocycles. The highest BCUT2D eigenvalue weighted by molar-refractivity contribution is 5.39. The van der Waals surface area contributed by atoms with Crippen molar-refractivity contribution in [2.24, 2.45) is 0 Å². The Morgan fingerprint density at radius 3 is 3.12 bits per heavy atom. The molecule has 3 rings (SSSR count). The van der Waals surface area contributed by atoms with Gasteiger partial charge in [-0.1, -0.05) is 5.16 Å². The lowest BCUT2D eigenvalue weighted by Crippen LogP contribution is -2.15. The monoisotopic (exact) mass is 222 g/mol. The molecule has 2 atom stereocenters. The Labute approximate surface area is 90.1 Å². The molecule has 8 nitrogen and oxygen atoms in total. The van der Waals surface area contributed by atoms with Crippen LogP contribution in [0.5, 0.6) is 0 Å². The number of hydrogen-bond acceptors (Lipinski definition) is 7. The van der Waals surface area contributed by atoms with Crippen LogP contribution in [-0.2, 0) is 0 Å². The summed E-state index contributed by atoms with van der Waals surface area (Å²) in [7, 11) is 0. The number of aromatic nitrogens is 5. The van der Waals surface area contributed by atoms with Gasteiger partial charge in [0, 0.05) is 6.54 Å². The maximum absolute atomic E-state index is 9.37. The molecular formula is C8H10N6O2. The summed E-state index contributed by atoms with van der Waals surface area (Å²) in [6.07, 6.45) is 1.60. The van der Waals surface area contributed by atoms with E-state index in [1.807, 2.05) is 0 Å². The lowest BCUT2D eigenvalue weighted by atomic mass is 10.2. The van der Waals surface area contributed by atoms with Gasteiger partial charge in [0.2, 0.25) is 11.7 Å². The first-order valence-electron chi connectivity index (χ1n) is 4.93. The predicted octanol–water partition coefficient (Wildman–Crippen LogP) is -0.750. The van der Waals surface area contributed by atoms with Crippen molar-refractivity contribution in [3.05, 3.63) is 12.2 Å². The maximum Gasteiger partial charge on any atom is 0.244 e. The highest BCUT2D eigenvalue weighted by Crippen LogP contribution is 2.23. The normalized spacial score (nSPS) is 25.1. The summed E-state index contributed by atoms with van der Waals surface area (Å²) in [6.45, 7) is 0.546. The Morgan fingerprint density at radius 1 is 1.50 bits per heavy atom. The van der Waals surface area contributed by atoms with Crippen molar-refractivity contribution in [1.29, 1.82) is 0 Å². The Hall–Kier alpha value is -1.80. The number of nitrogens with one attached hydrogen (secondary N) is 2. The van der Waals surface area contributed by atoms with Crippen molar-refractivity contribution in [3.8, 4) is 11.6 Å². The van der Waals surface area contributed by atoms with Gasteiger partial charge in [0.1, 0.15) is 6.33 Å². The van der Waals surface area contributed by atoms with E-state index in [9.17, 15) is 5.11 Å². The molecule has 1 fully saturated rings. The molecule has 1 aliphatic heterocycles. The minimum atomic E-state index is -0.356. The standard InChI is InChI=1S/C8H10N6O2/c15-4-1-5(9-2-4)8-12-7(14-16-8)6-10-3-11-13-6/h3-5,9,15H,1-2H2,(H,10,11,13)/t4?,5-/m0/s1. The van der Waals surface area contributed by atoms with Gasteiger partial charge in [-0.3, -0.25) is 5.10 Å². The molecule has 0 bridgehead atoms. The van der Waals surface area contributed by atoms with E-state index in [1.165, 1.54) is 6.33 Å². The number of aliphatic hydroxyl groups excluding tert-OH is 1. The zero-order valence-corrected chi connectivity index (χ0v) is 8.29. The second-order valence-electron chi connectivity index (χ2n) is 3.64. The van der Waals surface area contributed by atoms with Gasteiger partial charge in [0.05, 0.1) is 12.1 Å². The summed E-state index contributed by atoms with van der Waals surface area (Å²) in [5.41, 5.74) is 0. The van der Waals surface area contributed by atoms with E-state index in [-0.39, 0.29) is 12.1 Å². The van der Waals surface area contributed by atoms with Crippen LogP contribution in [0.2, 0.25) is 0 Å². The van der Waals surface area contributed by atoms with E-state index in [0.29, 0.717) is 30.5 Å². The van der Waals surface area contributed by atoms with E-state index < -0.39 is 0 Å². The van der Waals surface area contributed by atoms with Crippen molar-refractivity contribution in [2.45, 2.75) is 18.6 Å². The summed E-state index contributed by atoms with van der Waals surface area (Å²) in [6, 6.07) is -0.0841. The highest BCUT2D eigenvalue weighted by Gasteiger charge is 2.28. The van der Waals surface area contributed by atoms with Gasteiger partial charge in [-0.05, 0) is 6.42 Å². The fourth-order valence-electron chi connectivity index (χ4n) is 1.69. The van der Waals surface area contributed by atoms with Crippen LogP contribution in [0.3, 0.4) is 0 Å². The topological polar surface area (TPSA) is 113 Å². The van der Waals surface area contributed by atoms with Crippen molar-refractivity contribution in [2.75, 3.05) is 6.54 Å². The van der Waals surface area contributed by atoms with Gasteiger partial charge in [-0.2, -0.15) is 10.1 Å². The summed E-state index contributed by atoms with van der Waals surface area (Å²) < 4.78 is 5.10. The minimum absolute atomic E-state index is 0.0841. The molecule has 3 N–H and O–H groups in total. The van der Waals surface area contributed by atoms with Crippen molar-refractivity contribution in [3.63, 3.8) is 0 Å². The first-order valence-corrected chi connectivity index (χ1v) is 4.93. The highest BCUT2D eigenvalue weighted by atomic mass is 16.5. The van der Waals surface area contributed by atoms with Crippen LogP contribution < -0.4 is 5.32 Å². The second-order valence-corrected chi connectivity index (χ2v) is 3.64. The van der Waals surface area contributed by atoms with Gasteiger partial charge in [-0.15, -0.1) is 0 Å². The van der Waals surface area contributed by atoms with Crippen LogP contribution in [0, 0.1) is 0 Å². The van der Waals surface area contributed by atoms with Crippen molar-refractivity contribution in [1.82, 2.24) is 30.6 Å². The fraction of sp³-hybridized carbons (Fsp3) is 0.500. The summed E-state index contributed by atoms with van der Waals surface area (Å²) in [5, 5.41) is 22.6. The number of nitrogens with zero attached hydrogens (tertiary/aromatic N) is 4. The molecule has 1 aliphatic rings. The summed E-state index contributed by atoms with van der Waals surface area (Å²) >= 11 is 0. The summed E-state index contributed by atoms with van der Waals surface area (Å²) in [5.74, 6) is 1.30. The molecule has 1 unspecified atom stereocenters. The molecule has 84 valence electrons. The lowest BCUT2D eigenvalue weighted by molar-refractivity contribution is 0.191. The maximum atomic E-state index is 9.37. The van der Waals surface area contributed by atoms with Crippen LogP contribution in [0.15, 0.2) is 10.9 Å². The van der Waals surface area contributed by atoms with E-state index >= 15 is 0 Å². The first kappa shape index (κ1) is 9.43. The predicted molar refractivity (Wildman–Crippen MR) is 51.0 cm³/mol. The van der Waals surface area contributed by atoms with E-state index in [1.54, 1.807) is 0 Å². The lowest BCUT2D eigenvalue weighted by Gasteiger charge is -2.01. The molecule has 3 heterocycles. The van der Waals surface area contributed by atoms with Crippen LogP contribution in [0.4, 0.5) is 0 Å². The number of aromatic amines is 1. The second kappa shape index (κ2) is 3.65. The SMILES string of the molecule is OC1CN[C@H](c2nc(-c3ncn[nH]3)no2)C1. The Bertz CT molecular complexity index is 467. The fourth-order valence-corrected chi connectivity index (χ4v) is 1.69. The van der Waals surface area contributed by atoms with E-state index in [0.717, 1.165) is 0 Å². The molecule has 1 saturated heterocycles. The van der Waals surface area contributed by atoms with Gasteiger partial charge >= 0.3 is 0 Å². The molecule has 16 heavy (non-hydrogen) atoms. The molecule has 0 aliphatic carbocycles. The molecular weight excluding hydrogens is 212 g/mol. The molecule has 2 aromatic heterocycles. The number of rotatable bonds is 2. The molecule has 8 heteroatoms. The number of hydrogen-bond donors (Lipinski definition) is 3. The van der Waals surface area contributed by atoms with Crippen LogP contribution in [0.25, 0.3) is 11.6 Å². The molecule has 0 amide bonds. The van der Waals surface area contributed by atoms with E-state index in [2.05, 4.69) is 30.6 Å². The zero-order chi connectivity index (χ0) is 11.0. The molecule has 0 spiro atoms. The van der Waals surface area contributed by atoms with Gasteiger partial charge in [-0.25, -0.2) is 4.98 Å². The van der Waals surface area contributed by atoms with Crippen molar-refractivity contribution >= 4 is 0 Å². The molecule has 2 aromatic rings. The number of aliphatic hydroxyl groups is 1. The first-order chi connectivity index (χ1) is 7.83. The van der Waals surface area contributed by atoms with Crippen molar-refractivity contribution < 1.29 is 9.63 Å². The number of H-pyrrole nitrogens is 1. The van der Waals surface area contributed by atoms with Crippen LogP contribution in [0.1, 0.15) is 18.4 Å². The third-order valence-corrected chi connectivity index (χ3v) is 2.47. The molecule has 0 saturated carbocycles. The third kappa shape index (κ3) is 1.57. The minimum Gasteiger partial charge on any atom is -0.392 e. The quantitative estimate of drug-likeness (QED) is 0.612. The smallest absolute Gasteiger partial charge is 0.244 e. The third-order valence-electron chi connectivity index (χ3n) is 2.47. The molecule has 0 radical (unpaired) electrons. The van der Waals surface area contributed by atoms with Gasteiger partial charge in [0.25, 0.3) is 0 Å². The van der Waals surface area contributed by atoms with Gasteiger partial charge in [0.15, 0.2) is 5.82 Å².